The molecule has 1 aromatic heterocycles. The Hall–Kier alpha value is -1.71. The summed E-state index contributed by atoms with van der Waals surface area (Å²) in [5, 5.41) is 7.15. The second-order valence-electron chi connectivity index (χ2n) is 4.95. The van der Waals surface area contributed by atoms with E-state index in [1.54, 1.807) is 0 Å². The van der Waals surface area contributed by atoms with Crippen molar-refractivity contribution in [1.29, 1.82) is 0 Å². The maximum absolute atomic E-state index is 4.05. The first-order valence-corrected chi connectivity index (χ1v) is 6.84. The summed E-state index contributed by atoms with van der Waals surface area (Å²) in [5.41, 5.74) is 4.12. The highest BCUT2D eigenvalue weighted by molar-refractivity contribution is 5.31. The Labute approximate surface area is 114 Å². The number of pyridine rings is 1. The SMILES string of the molecule is c1ccc2c(c1)CNCCC2NCc1ccncc1. The topological polar surface area (TPSA) is 37.0 Å². The van der Waals surface area contributed by atoms with Crippen molar-refractivity contribution in [2.45, 2.75) is 25.6 Å². The molecule has 3 rings (SSSR count). The molecular weight excluding hydrogens is 234 g/mol. The van der Waals surface area contributed by atoms with Gasteiger partial charge < -0.3 is 10.6 Å². The lowest BCUT2D eigenvalue weighted by Crippen LogP contribution is -2.22. The van der Waals surface area contributed by atoms with Crippen LogP contribution in [0.5, 0.6) is 0 Å². The van der Waals surface area contributed by atoms with Crippen LogP contribution in [0.25, 0.3) is 0 Å². The number of nitrogens with one attached hydrogen (secondary N) is 2. The van der Waals surface area contributed by atoms with Gasteiger partial charge in [0.15, 0.2) is 0 Å². The maximum Gasteiger partial charge on any atom is 0.0338 e. The van der Waals surface area contributed by atoms with E-state index in [0.29, 0.717) is 6.04 Å². The van der Waals surface area contributed by atoms with Crippen molar-refractivity contribution < 1.29 is 0 Å². The molecule has 98 valence electrons. The molecule has 1 aromatic carbocycles. The van der Waals surface area contributed by atoms with E-state index in [9.17, 15) is 0 Å². The molecule has 2 aromatic rings. The zero-order chi connectivity index (χ0) is 12.9. The fourth-order valence-corrected chi connectivity index (χ4v) is 2.61. The molecule has 0 aliphatic carbocycles. The number of nitrogens with zero attached hydrogens (tertiary/aromatic N) is 1. The quantitative estimate of drug-likeness (QED) is 0.882. The largest absolute Gasteiger partial charge is 0.313 e. The van der Waals surface area contributed by atoms with Gasteiger partial charge in [0.2, 0.25) is 0 Å². The van der Waals surface area contributed by atoms with E-state index in [4.69, 9.17) is 0 Å². The number of aromatic nitrogens is 1. The first-order chi connectivity index (χ1) is 9.43. The number of hydrogen-bond donors (Lipinski definition) is 2. The predicted molar refractivity (Wildman–Crippen MR) is 76.6 cm³/mol. The highest BCUT2D eigenvalue weighted by Crippen LogP contribution is 2.23. The number of hydrogen-bond acceptors (Lipinski definition) is 3. The molecule has 19 heavy (non-hydrogen) atoms. The fraction of sp³-hybridized carbons (Fsp3) is 0.312. The lowest BCUT2D eigenvalue weighted by molar-refractivity contribution is 0.496. The monoisotopic (exact) mass is 253 g/mol. The van der Waals surface area contributed by atoms with Gasteiger partial charge in [0.1, 0.15) is 0 Å². The number of fused-ring (bicyclic) bond motifs is 1. The lowest BCUT2D eigenvalue weighted by Gasteiger charge is -2.19. The van der Waals surface area contributed by atoms with E-state index >= 15 is 0 Å². The molecule has 1 aliphatic heterocycles. The van der Waals surface area contributed by atoms with E-state index in [1.165, 1.54) is 16.7 Å². The van der Waals surface area contributed by atoms with E-state index < -0.39 is 0 Å². The third-order valence-corrected chi connectivity index (χ3v) is 3.66. The minimum atomic E-state index is 0.430. The molecule has 3 nitrogen and oxygen atoms in total. The van der Waals surface area contributed by atoms with Gasteiger partial charge in [-0.05, 0) is 41.8 Å². The summed E-state index contributed by atoms with van der Waals surface area (Å²) in [7, 11) is 0. The average Bonchev–Trinajstić information content (AvgIpc) is 2.68. The first kappa shape index (κ1) is 12.3. The normalized spacial score (nSPS) is 18.6. The van der Waals surface area contributed by atoms with Gasteiger partial charge in [0.25, 0.3) is 0 Å². The van der Waals surface area contributed by atoms with Crippen LogP contribution >= 0.6 is 0 Å². The van der Waals surface area contributed by atoms with Crippen molar-refractivity contribution in [3.05, 3.63) is 65.5 Å². The molecule has 0 spiro atoms. The second kappa shape index (κ2) is 5.95. The third kappa shape index (κ3) is 3.00. The summed E-state index contributed by atoms with van der Waals surface area (Å²) < 4.78 is 0. The Bertz CT molecular complexity index is 525. The molecule has 0 saturated carbocycles. The summed E-state index contributed by atoms with van der Waals surface area (Å²) in [6.45, 7) is 2.92. The number of rotatable bonds is 3. The Kier molecular flexibility index (Phi) is 3.86. The maximum atomic E-state index is 4.05. The van der Waals surface area contributed by atoms with E-state index in [2.05, 4.69) is 52.0 Å². The predicted octanol–water partition coefficient (Wildman–Crippen LogP) is 2.41. The summed E-state index contributed by atoms with van der Waals surface area (Å²) >= 11 is 0. The van der Waals surface area contributed by atoms with Crippen LogP contribution in [0.3, 0.4) is 0 Å². The third-order valence-electron chi connectivity index (χ3n) is 3.66. The van der Waals surface area contributed by atoms with Gasteiger partial charge in [-0.15, -0.1) is 0 Å². The number of benzene rings is 1. The van der Waals surface area contributed by atoms with E-state index in [0.717, 1.165) is 26.1 Å². The molecule has 3 heteroatoms. The van der Waals surface area contributed by atoms with Gasteiger partial charge in [-0.1, -0.05) is 24.3 Å². The highest BCUT2D eigenvalue weighted by Gasteiger charge is 2.17. The molecular formula is C16H19N3. The summed E-state index contributed by atoms with van der Waals surface area (Å²) in [6, 6.07) is 13.3. The Morgan fingerprint density at radius 1 is 1.16 bits per heavy atom. The van der Waals surface area contributed by atoms with Crippen molar-refractivity contribution in [1.82, 2.24) is 15.6 Å². The van der Waals surface area contributed by atoms with E-state index in [1.807, 2.05) is 12.4 Å². The van der Waals surface area contributed by atoms with Crippen molar-refractivity contribution in [3.8, 4) is 0 Å². The molecule has 0 fully saturated rings. The highest BCUT2D eigenvalue weighted by atomic mass is 14.9. The van der Waals surface area contributed by atoms with Gasteiger partial charge in [-0.2, -0.15) is 0 Å². The molecule has 0 amide bonds. The average molecular weight is 253 g/mol. The second-order valence-corrected chi connectivity index (χ2v) is 4.95. The van der Waals surface area contributed by atoms with Crippen LogP contribution in [0.1, 0.15) is 29.2 Å². The standard InChI is InChI=1S/C16H19N3/c1-2-4-15-14(3-1)12-18-10-7-16(15)19-11-13-5-8-17-9-6-13/h1-6,8-9,16,18-19H,7,10-12H2. The fourth-order valence-electron chi connectivity index (χ4n) is 2.61. The summed E-state index contributed by atoms with van der Waals surface area (Å²) in [6.07, 6.45) is 4.82. The Morgan fingerprint density at radius 2 is 2.00 bits per heavy atom. The van der Waals surface area contributed by atoms with Crippen LogP contribution < -0.4 is 10.6 Å². The zero-order valence-corrected chi connectivity index (χ0v) is 11.0. The van der Waals surface area contributed by atoms with Crippen LogP contribution in [0.4, 0.5) is 0 Å². The van der Waals surface area contributed by atoms with Crippen molar-refractivity contribution >= 4 is 0 Å². The van der Waals surface area contributed by atoms with Crippen molar-refractivity contribution in [2.75, 3.05) is 6.54 Å². The van der Waals surface area contributed by atoms with Crippen LogP contribution in [0.15, 0.2) is 48.8 Å². The van der Waals surface area contributed by atoms with Crippen LogP contribution in [-0.4, -0.2) is 11.5 Å². The van der Waals surface area contributed by atoms with Crippen molar-refractivity contribution in [3.63, 3.8) is 0 Å². The summed E-state index contributed by atoms with van der Waals surface area (Å²) in [4.78, 5) is 4.05. The minimum Gasteiger partial charge on any atom is -0.313 e. The van der Waals surface area contributed by atoms with Crippen LogP contribution in [0.2, 0.25) is 0 Å². The van der Waals surface area contributed by atoms with E-state index in [-0.39, 0.29) is 0 Å². The molecule has 1 unspecified atom stereocenters. The Morgan fingerprint density at radius 3 is 2.89 bits per heavy atom. The minimum absolute atomic E-state index is 0.430. The lowest BCUT2D eigenvalue weighted by atomic mass is 9.99. The molecule has 1 aliphatic rings. The smallest absolute Gasteiger partial charge is 0.0338 e. The van der Waals surface area contributed by atoms with Gasteiger partial charge in [0.05, 0.1) is 0 Å². The van der Waals surface area contributed by atoms with Crippen LogP contribution in [0, 0.1) is 0 Å². The molecule has 2 N–H and O–H groups in total. The molecule has 2 heterocycles. The Balaban J connectivity index is 1.74. The molecule has 0 saturated heterocycles. The molecule has 1 atom stereocenters. The van der Waals surface area contributed by atoms with Crippen molar-refractivity contribution in [2.24, 2.45) is 0 Å². The van der Waals surface area contributed by atoms with Gasteiger partial charge in [0, 0.05) is 31.5 Å². The first-order valence-electron chi connectivity index (χ1n) is 6.84. The molecule has 0 radical (unpaired) electrons. The van der Waals surface area contributed by atoms with Gasteiger partial charge in [-0.25, -0.2) is 0 Å². The van der Waals surface area contributed by atoms with Gasteiger partial charge >= 0.3 is 0 Å². The zero-order valence-electron chi connectivity index (χ0n) is 11.0. The molecule has 0 bridgehead atoms. The van der Waals surface area contributed by atoms with Crippen LogP contribution in [-0.2, 0) is 13.1 Å². The summed E-state index contributed by atoms with van der Waals surface area (Å²) in [5.74, 6) is 0. The van der Waals surface area contributed by atoms with Gasteiger partial charge in [-0.3, -0.25) is 4.98 Å².